The lowest BCUT2D eigenvalue weighted by Crippen LogP contribution is -2.47. The Kier molecular flexibility index (Phi) is 4.14. The van der Waals surface area contributed by atoms with Gasteiger partial charge in [0, 0.05) is 37.4 Å². The minimum absolute atomic E-state index is 0.0107. The van der Waals surface area contributed by atoms with E-state index in [2.05, 4.69) is 11.4 Å². The Balaban J connectivity index is 1.73. The zero-order chi connectivity index (χ0) is 19.4. The van der Waals surface area contributed by atoms with Crippen molar-refractivity contribution < 1.29 is 9.13 Å². The topological polar surface area (TPSA) is 70.3 Å². The first-order valence-corrected chi connectivity index (χ1v) is 10.0. The molecule has 146 valence electrons. The Morgan fingerprint density at radius 1 is 1.39 bits per heavy atom. The molecule has 5 rings (SSSR count). The van der Waals surface area contributed by atoms with Crippen LogP contribution in [0.2, 0.25) is 0 Å². The van der Waals surface area contributed by atoms with E-state index in [9.17, 15) is 10.1 Å². The number of nitrogens with zero attached hydrogens (tertiary/aromatic N) is 3. The van der Waals surface area contributed by atoms with Crippen molar-refractivity contribution in [3.8, 4) is 6.07 Å². The number of aromatic nitrogens is 1. The molecule has 0 spiro atoms. The number of nitrogens with one attached hydrogen (secondary N) is 1. The number of morpholine rings is 1. The number of halogens is 1. The van der Waals surface area contributed by atoms with Gasteiger partial charge in [-0.1, -0.05) is 6.92 Å². The molecule has 1 aliphatic carbocycles. The summed E-state index contributed by atoms with van der Waals surface area (Å²) in [5.74, 6) is -0.504. The number of ether oxygens (including phenoxy) is 1. The Morgan fingerprint density at radius 2 is 2.21 bits per heavy atom. The average Bonchev–Trinajstić information content (AvgIpc) is 3.46. The molecule has 7 heteroatoms. The highest BCUT2D eigenvalue weighted by atomic mass is 19.1. The summed E-state index contributed by atoms with van der Waals surface area (Å²) in [6, 6.07) is 3.97. The zero-order valence-electron chi connectivity index (χ0n) is 15.9. The summed E-state index contributed by atoms with van der Waals surface area (Å²) in [4.78, 5) is 14.8. The summed E-state index contributed by atoms with van der Waals surface area (Å²) in [6.07, 6.45) is 4.49. The number of benzene rings is 1. The molecule has 2 saturated heterocycles. The van der Waals surface area contributed by atoms with Gasteiger partial charge in [0.15, 0.2) is 5.43 Å². The molecule has 2 aromatic rings. The van der Waals surface area contributed by atoms with Crippen LogP contribution < -0.4 is 15.6 Å². The summed E-state index contributed by atoms with van der Waals surface area (Å²) < 4.78 is 23.1. The molecular weight excluding hydrogens is 359 g/mol. The first-order valence-electron chi connectivity index (χ1n) is 10.0. The van der Waals surface area contributed by atoms with E-state index in [4.69, 9.17) is 4.74 Å². The van der Waals surface area contributed by atoms with E-state index in [-0.39, 0.29) is 29.2 Å². The summed E-state index contributed by atoms with van der Waals surface area (Å²) >= 11 is 0. The van der Waals surface area contributed by atoms with Gasteiger partial charge in [-0.15, -0.1) is 0 Å². The van der Waals surface area contributed by atoms with E-state index < -0.39 is 5.82 Å². The zero-order valence-corrected chi connectivity index (χ0v) is 15.9. The van der Waals surface area contributed by atoms with E-state index in [0.29, 0.717) is 48.3 Å². The lowest BCUT2D eigenvalue weighted by molar-refractivity contribution is 0.0212. The first kappa shape index (κ1) is 17.7. The van der Waals surface area contributed by atoms with Gasteiger partial charge in [0.05, 0.1) is 35.3 Å². The largest absolute Gasteiger partial charge is 0.373 e. The van der Waals surface area contributed by atoms with E-state index in [1.54, 1.807) is 0 Å². The number of fused-ring (bicyclic) bond motifs is 2. The quantitative estimate of drug-likeness (QED) is 0.880. The van der Waals surface area contributed by atoms with E-state index in [0.717, 1.165) is 19.4 Å². The van der Waals surface area contributed by atoms with Gasteiger partial charge in [-0.05, 0) is 25.3 Å². The standard InChI is InChI=1S/C21H23FN4O2/c1-2-12-9-26(13-3-4-13)19-14(21(12)27)7-16(22)20(15(19)8-23)25-10-17-18(11-25)28-6-5-24-17/h7,9,13,17-18,24H,2-6,10-11H2,1H3/t17-,18-/m0/s1. The number of nitriles is 1. The summed E-state index contributed by atoms with van der Waals surface area (Å²) in [5, 5.41) is 13.7. The smallest absolute Gasteiger partial charge is 0.192 e. The minimum atomic E-state index is -0.504. The third-order valence-electron chi connectivity index (χ3n) is 6.17. The van der Waals surface area contributed by atoms with Gasteiger partial charge in [-0.3, -0.25) is 4.79 Å². The Morgan fingerprint density at radius 3 is 2.89 bits per heavy atom. The van der Waals surface area contributed by atoms with Crippen molar-refractivity contribution in [3.05, 3.63) is 39.4 Å². The van der Waals surface area contributed by atoms with Crippen molar-refractivity contribution in [3.63, 3.8) is 0 Å². The van der Waals surface area contributed by atoms with Crippen LogP contribution >= 0.6 is 0 Å². The van der Waals surface area contributed by atoms with Gasteiger partial charge >= 0.3 is 0 Å². The van der Waals surface area contributed by atoms with E-state index >= 15 is 4.39 Å². The van der Waals surface area contributed by atoms with Crippen LogP contribution in [-0.2, 0) is 11.2 Å². The second-order valence-corrected chi connectivity index (χ2v) is 7.94. The fourth-order valence-corrected chi connectivity index (χ4v) is 4.62. The molecule has 6 nitrogen and oxygen atoms in total. The molecule has 0 bridgehead atoms. The van der Waals surface area contributed by atoms with Crippen molar-refractivity contribution in [1.82, 2.24) is 9.88 Å². The Hall–Kier alpha value is -2.43. The molecule has 1 saturated carbocycles. The minimum Gasteiger partial charge on any atom is -0.373 e. The highest BCUT2D eigenvalue weighted by molar-refractivity contribution is 5.91. The molecule has 3 aliphatic rings. The number of rotatable bonds is 3. The highest BCUT2D eigenvalue weighted by Crippen LogP contribution is 2.40. The van der Waals surface area contributed by atoms with Gasteiger partial charge in [-0.25, -0.2) is 4.39 Å². The lowest BCUT2D eigenvalue weighted by atomic mass is 10.0. The molecule has 2 aliphatic heterocycles. The maximum Gasteiger partial charge on any atom is 0.192 e. The Bertz CT molecular complexity index is 1040. The molecule has 0 radical (unpaired) electrons. The third kappa shape index (κ3) is 2.63. The molecule has 1 N–H and O–H groups in total. The molecule has 1 aromatic carbocycles. The number of anilines is 1. The lowest BCUT2D eigenvalue weighted by Gasteiger charge is -2.25. The molecule has 3 heterocycles. The van der Waals surface area contributed by atoms with E-state index in [1.165, 1.54) is 6.07 Å². The van der Waals surface area contributed by atoms with Gasteiger partial charge in [0.2, 0.25) is 0 Å². The van der Waals surface area contributed by atoms with Crippen LogP contribution in [-0.4, -0.2) is 43.0 Å². The monoisotopic (exact) mass is 382 g/mol. The van der Waals surface area contributed by atoms with Gasteiger partial charge < -0.3 is 19.5 Å². The highest BCUT2D eigenvalue weighted by Gasteiger charge is 2.38. The van der Waals surface area contributed by atoms with Crippen molar-refractivity contribution in [2.45, 2.75) is 44.4 Å². The van der Waals surface area contributed by atoms with Crippen molar-refractivity contribution >= 4 is 16.6 Å². The molecular formula is C21H23FN4O2. The summed E-state index contributed by atoms with van der Waals surface area (Å²) in [5.41, 5.74) is 1.64. The molecule has 0 amide bonds. The van der Waals surface area contributed by atoms with Gasteiger partial charge in [0.1, 0.15) is 17.4 Å². The fraction of sp³-hybridized carbons (Fsp3) is 0.524. The number of hydrogen-bond donors (Lipinski definition) is 1. The third-order valence-corrected chi connectivity index (χ3v) is 6.17. The van der Waals surface area contributed by atoms with Crippen LogP contribution in [0.1, 0.15) is 36.9 Å². The average molecular weight is 382 g/mol. The predicted octanol–water partition coefficient (Wildman–Crippen LogP) is 2.09. The van der Waals surface area contributed by atoms with Crippen LogP contribution in [0.15, 0.2) is 17.1 Å². The van der Waals surface area contributed by atoms with Crippen molar-refractivity contribution in [2.75, 3.05) is 31.1 Å². The van der Waals surface area contributed by atoms with E-state index in [1.807, 2.05) is 22.6 Å². The molecule has 1 aromatic heterocycles. The van der Waals surface area contributed by atoms with Crippen LogP contribution in [0.3, 0.4) is 0 Å². The second kappa shape index (κ2) is 6.57. The molecule has 3 fully saturated rings. The molecule has 28 heavy (non-hydrogen) atoms. The first-order chi connectivity index (χ1) is 13.6. The van der Waals surface area contributed by atoms with Gasteiger partial charge in [0.25, 0.3) is 0 Å². The predicted molar refractivity (Wildman–Crippen MR) is 104 cm³/mol. The van der Waals surface area contributed by atoms with Crippen LogP contribution in [0.5, 0.6) is 0 Å². The maximum atomic E-state index is 15.3. The van der Waals surface area contributed by atoms with Crippen LogP contribution in [0.25, 0.3) is 10.9 Å². The van der Waals surface area contributed by atoms with Crippen LogP contribution in [0, 0.1) is 17.1 Å². The van der Waals surface area contributed by atoms with Crippen molar-refractivity contribution in [2.24, 2.45) is 0 Å². The maximum absolute atomic E-state index is 15.3. The molecule has 0 unspecified atom stereocenters. The fourth-order valence-electron chi connectivity index (χ4n) is 4.62. The van der Waals surface area contributed by atoms with Crippen molar-refractivity contribution in [1.29, 1.82) is 5.26 Å². The summed E-state index contributed by atoms with van der Waals surface area (Å²) in [6.45, 7) is 4.47. The Labute approximate surface area is 162 Å². The molecule has 2 atom stereocenters. The number of hydrogen-bond acceptors (Lipinski definition) is 5. The van der Waals surface area contributed by atoms with Gasteiger partial charge in [-0.2, -0.15) is 5.26 Å². The van der Waals surface area contributed by atoms with Crippen LogP contribution in [0.4, 0.5) is 10.1 Å². The normalized spacial score (nSPS) is 24.4. The summed E-state index contributed by atoms with van der Waals surface area (Å²) in [7, 11) is 0. The number of aryl methyl sites for hydroxylation is 1. The number of pyridine rings is 1. The SMILES string of the molecule is CCc1cn(C2CC2)c2c(C#N)c(N3C[C@@H]4NCCO[C@H]4C3)c(F)cc2c1=O. The second-order valence-electron chi connectivity index (χ2n) is 7.94.